The molecule has 0 spiro atoms. The summed E-state index contributed by atoms with van der Waals surface area (Å²) in [6, 6.07) is 0. The van der Waals surface area contributed by atoms with Crippen LogP contribution in [0.2, 0.25) is 0 Å². The highest BCUT2D eigenvalue weighted by Gasteiger charge is 2.20. The van der Waals surface area contributed by atoms with Gasteiger partial charge in [0, 0.05) is 8.45 Å². The van der Waals surface area contributed by atoms with E-state index in [1.165, 1.54) is 11.3 Å². The second kappa shape index (κ2) is 5.47. The van der Waals surface area contributed by atoms with Crippen LogP contribution in [0.5, 0.6) is 0 Å². The zero-order valence-corrected chi connectivity index (χ0v) is 11.4. The number of halogens is 1. The van der Waals surface area contributed by atoms with Crippen molar-refractivity contribution >= 4 is 45.6 Å². The number of esters is 1. The maximum absolute atomic E-state index is 11.5. The van der Waals surface area contributed by atoms with Crippen LogP contribution in [-0.2, 0) is 11.2 Å². The molecule has 15 heavy (non-hydrogen) atoms. The first-order chi connectivity index (χ1) is 7.15. The minimum Gasteiger partial charge on any atom is -0.462 e. The normalized spacial score (nSPS) is 9.73. The zero-order valence-electron chi connectivity index (χ0n) is 8.46. The Morgan fingerprint density at radius 1 is 1.60 bits per heavy atom. The van der Waals surface area contributed by atoms with Gasteiger partial charge in [0.15, 0.2) is 0 Å². The number of carbonyl (C=O) groups is 1. The zero-order chi connectivity index (χ0) is 11.4. The second-order valence-electron chi connectivity index (χ2n) is 2.70. The van der Waals surface area contributed by atoms with Gasteiger partial charge in [0.05, 0.1) is 13.2 Å². The maximum Gasteiger partial charge on any atom is 0.348 e. The van der Waals surface area contributed by atoms with Gasteiger partial charge in [0.1, 0.15) is 4.88 Å². The minimum absolute atomic E-state index is 0.323. The minimum atomic E-state index is -0.323. The van der Waals surface area contributed by atoms with Gasteiger partial charge in [0.25, 0.3) is 0 Å². The molecule has 0 fully saturated rings. The lowest BCUT2D eigenvalue weighted by Crippen LogP contribution is -2.03. The molecule has 0 aromatic carbocycles. The van der Waals surface area contributed by atoms with Crippen LogP contribution in [0.1, 0.15) is 28.4 Å². The summed E-state index contributed by atoms with van der Waals surface area (Å²) in [7, 11) is 0. The largest absolute Gasteiger partial charge is 0.462 e. The van der Waals surface area contributed by atoms with Crippen molar-refractivity contribution in [3.63, 3.8) is 0 Å². The number of rotatable bonds is 3. The molecule has 0 saturated carbocycles. The molecule has 1 aromatic rings. The summed E-state index contributed by atoms with van der Waals surface area (Å²) in [6.07, 6.45) is 0.776. The fraction of sp³-hybridized carbons (Fsp3) is 0.400. The molecule has 5 heteroatoms. The predicted octanol–water partition coefficient (Wildman–Crippen LogP) is 3.64. The van der Waals surface area contributed by atoms with E-state index >= 15 is 0 Å². The Balaban J connectivity index is 3.16. The molecule has 0 unspecified atom stereocenters. The van der Waals surface area contributed by atoms with E-state index in [1.54, 1.807) is 6.92 Å². The average molecular weight is 335 g/mol. The maximum atomic E-state index is 11.5. The number of aryl methyl sites for hydroxylation is 1. The van der Waals surface area contributed by atoms with E-state index in [1.807, 2.05) is 29.5 Å². The fourth-order valence-corrected chi connectivity index (χ4v) is 3.27. The van der Waals surface area contributed by atoms with Gasteiger partial charge in [-0.25, -0.2) is 9.64 Å². The number of ether oxygens (including phenoxy) is 1. The molecule has 0 radical (unpaired) electrons. The number of hydrogen-bond acceptors (Lipinski definition) is 3. The topological polar surface area (TPSA) is 30.7 Å². The van der Waals surface area contributed by atoms with Gasteiger partial charge in [-0.15, -0.1) is 11.3 Å². The second-order valence-corrected chi connectivity index (χ2v) is 4.89. The standard InChI is InChI=1S/C10H10INO2S/c1-4-6-8(12-3)7(11)9(15-6)10(13)14-5-2/h4-5H2,1-2H3. The summed E-state index contributed by atoms with van der Waals surface area (Å²) >= 11 is 3.40. The van der Waals surface area contributed by atoms with Gasteiger partial charge < -0.3 is 4.74 Å². The molecular weight excluding hydrogens is 325 g/mol. The lowest BCUT2D eigenvalue weighted by Gasteiger charge is -1.98. The molecule has 1 aromatic heterocycles. The van der Waals surface area contributed by atoms with Crippen LogP contribution >= 0.6 is 33.9 Å². The molecule has 0 bridgehead atoms. The number of nitrogens with zero attached hydrogens (tertiary/aromatic N) is 1. The van der Waals surface area contributed by atoms with E-state index in [4.69, 9.17) is 11.3 Å². The highest BCUT2D eigenvalue weighted by molar-refractivity contribution is 14.1. The van der Waals surface area contributed by atoms with E-state index in [9.17, 15) is 4.79 Å². The smallest absolute Gasteiger partial charge is 0.348 e. The SMILES string of the molecule is [C-]#[N+]c1c(CC)sc(C(=O)OCC)c1I. The van der Waals surface area contributed by atoms with Gasteiger partial charge >= 0.3 is 5.97 Å². The Bertz CT molecular complexity index is 420. The number of thiophene rings is 1. The molecule has 80 valence electrons. The summed E-state index contributed by atoms with van der Waals surface area (Å²) in [5, 5.41) is 0. The van der Waals surface area contributed by atoms with Crippen molar-refractivity contribution in [2.24, 2.45) is 0 Å². The quantitative estimate of drug-likeness (QED) is 0.480. The lowest BCUT2D eigenvalue weighted by atomic mass is 10.3. The molecule has 0 N–H and O–H groups in total. The van der Waals surface area contributed by atoms with Gasteiger partial charge in [-0.2, -0.15) is 0 Å². The Morgan fingerprint density at radius 2 is 2.27 bits per heavy atom. The molecular formula is C10H10INO2S. The Hall–Kier alpha value is -0.610. The third-order valence-corrected chi connectivity index (χ3v) is 4.51. The molecule has 0 saturated heterocycles. The molecule has 0 aliphatic rings. The first-order valence-electron chi connectivity index (χ1n) is 4.51. The fourth-order valence-electron chi connectivity index (χ4n) is 1.13. The third kappa shape index (κ3) is 2.49. The summed E-state index contributed by atoms with van der Waals surface area (Å²) in [6.45, 7) is 11.2. The van der Waals surface area contributed by atoms with Crippen LogP contribution < -0.4 is 0 Å². The number of hydrogen-bond donors (Lipinski definition) is 0. The van der Waals surface area contributed by atoms with E-state index < -0.39 is 0 Å². The predicted molar refractivity (Wildman–Crippen MR) is 68.6 cm³/mol. The van der Waals surface area contributed by atoms with Gasteiger partial charge in [0.2, 0.25) is 5.69 Å². The molecule has 0 aliphatic heterocycles. The third-order valence-electron chi connectivity index (χ3n) is 1.79. The van der Waals surface area contributed by atoms with Gasteiger partial charge in [-0.3, -0.25) is 0 Å². The van der Waals surface area contributed by atoms with E-state index in [-0.39, 0.29) is 5.97 Å². The van der Waals surface area contributed by atoms with Crippen molar-refractivity contribution in [1.82, 2.24) is 0 Å². The van der Waals surface area contributed by atoms with E-state index in [0.29, 0.717) is 17.2 Å². The van der Waals surface area contributed by atoms with Gasteiger partial charge in [-0.1, -0.05) is 29.5 Å². The molecule has 0 aliphatic carbocycles. The Labute approximate surface area is 106 Å². The van der Waals surface area contributed by atoms with Crippen molar-refractivity contribution in [2.45, 2.75) is 20.3 Å². The summed E-state index contributed by atoms with van der Waals surface area (Å²) < 4.78 is 5.65. The first kappa shape index (κ1) is 12.5. The Kier molecular flexibility index (Phi) is 4.54. The van der Waals surface area contributed by atoms with Crippen molar-refractivity contribution < 1.29 is 9.53 Å². The van der Waals surface area contributed by atoms with E-state index in [0.717, 1.165) is 14.9 Å². The first-order valence-corrected chi connectivity index (χ1v) is 6.40. The molecule has 0 atom stereocenters. The van der Waals surface area contributed by atoms with Crippen LogP contribution in [0, 0.1) is 10.1 Å². The molecule has 3 nitrogen and oxygen atoms in total. The van der Waals surface area contributed by atoms with Crippen LogP contribution in [0.3, 0.4) is 0 Å². The van der Waals surface area contributed by atoms with E-state index in [2.05, 4.69) is 4.85 Å². The van der Waals surface area contributed by atoms with Crippen molar-refractivity contribution in [1.29, 1.82) is 0 Å². The van der Waals surface area contributed by atoms with Crippen molar-refractivity contribution in [3.8, 4) is 0 Å². The Morgan fingerprint density at radius 3 is 2.67 bits per heavy atom. The average Bonchev–Trinajstić information content (AvgIpc) is 2.55. The van der Waals surface area contributed by atoms with Crippen LogP contribution in [-0.4, -0.2) is 12.6 Å². The van der Waals surface area contributed by atoms with Crippen LogP contribution in [0.15, 0.2) is 0 Å². The number of carbonyl (C=O) groups excluding carboxylic acids is 1. The van der Waals surface area contributed by atoms with Crippen molar-refractivity contribution in [2.75, 3.05) is 6.61 Å². The monoisotopic (exact) mass is 335 g/mol. The summed E-state index contributed by atoms with van der Waals surface area (Å²) in [5.74, 6) is -0.323. The van der Waals surface area contributed by atoms with Gasteiger partial charge in [-0.05, 0) is 13.3 Å². The van der Waals surface area contributed by atoms with Crippen LogP contribution in [0.25, 0.3) is 4.85 Å². The summed E-state index contributed by atoms with van der Waals surface area (Å²) in [5.41, 5.74) is 0.603. The molecule has 0 amide bonds. The highest BCUT2D eigenvalue weighted by atomic mass is 127. The molecule has 1 rings (SSSR count). The highest BCUT2D eigenvalue weighted by Crippen LogP contribution is 2.37. The molecule has 1 heterocycles. The van der Waals surface area contributed by atoms with Crippen molar-refractivity contribution in [3.05, 3.63) is 24.7 Å². The summed E-state index contributed by atoms with van der Waals surface area (Å²) in [4.78, 5) is 16.5. The lowest BCUT2D eigenvalue weighted by molar-refractivity contribution is 0.0531. The van der Waals surface area contributed by atoms with Crippen LogP contribution in [0.4, 0.5) is 5.69 Å².